The summed E-state index contributed by atoms with van der Waals surface area (Å²) in [4.78, 5) is 4.56. The van der Waals surface area contributed by atoms with E-state index in [1.807, 2.05) is 5.38 Å². The third-order valence-electron chi connectivity index (χ3n) is 3.43. The molecular weight excluding hydrogens is 379 g/mol. The number of thioether (sulfide) groups is 1. The van der Waals surface area contributed by atoms with Crippen LogP contribution in [0.15, 0.2) is 34.0 Å². The van der Waals surface area contributed by atoms with E-state index in [2.05, 4.69) is 20.5 Å². The Morgan fingerprint density at radius 1 is 1.24 bits per heavy atom. The maximum Gasteiger partial charge on any atom is 0.206 e. The smallest absolute Gasteiger partial charge is 0.206 e. The zero-order valence-electron chi connectivity index (χ0n) is 13.1. The zero-order chi connectivity index (χ0) is 17.1. The Kier molecular flexibility index (Phi) is 5.14. The lowest BCUT2D eigenvalue weighted by Gasteiger charge is -2.03. The lowest BCUT2D eigenvalue weighted by Crippen LogP contribution is -1.99. The lowest BCUT2D eigenvalue weighted by molar-refractivity contribution is 0.305. The van der Waals surface area contributed by atoms with Gasteiger partial charge in [0.15, 0.2) is 4.34 Å². The first kappa shape index (κ1) is 16.7. The fourth-order valence-electron chi connectivity index (χ4n) is 2.02. The molecule has 0 saturated heterocycles. The number of hydrogen-bond donors (Lipinski definition) is 1. The first-order valence-corrected chi connectivity index (χ1v) is 10.5. The average Bonchev–Trinajstić information content (AvgIpc) is 3.13. The fourth-order valence-corrected chi connectivity index (χ4v) is 4.55. The number of nitrogens with one attached hydrogen (secondary N) is 1. The van der Waals surface area contributed by atoms with E-state index < -0.39 is 0 Å². The highest BCUT2D eigenvalue weighted by Gasteiger charge is 2.22. The molecule has 3 aromatic rings. The van der Waals surface area contributed by atoms with E-state index in [1.54, 1.807) is 46.6 Å². The third-order valence-corrected chi connectivity index (χ3v) is 6.32. The predicted molar refractivity (Wildman–Crippen MR) is 99.0 cm³/mol. The molecule has 1 aliphatic carbocycles. The van der Waals surface area contributed by atoms with E-state index in [0.29, 0.717) is 18.4 Å². The highest BCUT2D eigenvalue weighted by Crippen LogP contribution is 2.31. The summed E-state index contributed by atoms with van der Waals surface area (Å²) in [6.45, 7) is 0.384. The van der Waals surface area contributed by atoms with E-state index >= 15 is 0 Å². The predicted octanol–water partition coefficient (Wildman–Crippen LogP) is 4.58. The van der Waals surface area contributed by atoms with Crippen LogP contribution in [0.4, 0.5) is 9.52 Å². The largest absolute Gasteiger partial charge is 0.486 e. The number of hydrogen-bond acceptors (Lipinski definition) is 8. The molecule has 5 nitrogen and oxygen atoms in total. The van der Waals surface area contributed by atoms with Crippen molar-refractivity contribution in [1.29, 1.82) is 0 Å². The van der Waals surface area contributed by atoms with Gasteiger partial charge in [-0.25, -0.2) is 9.37 Å². The van der Waals surface area contributed by atoms with E-state index in [1.165, 1.54) is 25.0 Å². The van der Waals surface area contributed by atoms with Gasteiger partial charge in [0, 0.05) is 17.2 Å². The number of thiazole rings is 1. The van der Waals surface area contributed by atoms with Crippen molar-refractivity contribution in [2.75, 3.05) is 5.32 Å². The molecular formula is C16H15FN4OS3. The number of halogens is 1. The minimum atomic E-state index is -0.270. The Morgan fingerprint density at radius 2 is 2.08 bits per heavy atom. The summed E-state index contributed by atoms with van der Waals surface area (Å²) in [6, 6.07) is 6.58. The molecule has 1 N–H and O–H groups in total. The van der Waals surface area contributed by atoms with Gasteiger partial charge in [-0.05, 0) is 37.1 Å². The van der Waals surface area contributed by atoms with Crippen molar-refractivity contribution in [2.24, 2.45) is 0 Å². The second-order valence-corrected chi connectivity index (χ2v) is 8.70. The van der Waals surface area contributed by atoms with E-state index in [9.17, 15) is 4.39 Å². The average molecular weight is 395 g/mol. The maximum atomic E-state index is 12.9. The highest BCUT2D eigenvalue weighted by molar-refractivity contribution is 8.00. The molecule has 0 unspecified atom stereocenters. The summed E-state index contributed by atoms with van der Waals surface area (Å²) in [5.41, 5.74) is 1.000. The standard InChI is InChI=1S/C16H15FN4OS3/c17-10-1-5-13(6-2-10)22-7-14-18-12(8-23-14)9-24-16-21-20-15(25-16)19-11-3-4-11/h1-2,5-6,8,11H,3-4,7,9H2,(H,19,20). The molecule has 0 radical (unpaired) electrons. The van der Waals surface area contributed by atoms with Crippen molar-refractivity contribution in [1.82, 2.24) is 15.2 Å². The minimum Gasteiger partial charge on any atom is -0.486 e. The first-order chi connectivity index (χ1) is 12.2. The summed E-state index contributed by atoms with van der Waals surface area (Å²) in [7, 11) is 0. The van der Waals surface area contributed by atoms with Crippen molar-refractivity contribution in [2.45, 2.75) is 35.6 Å². The molecule has 2 aromatic heterocycles. The van der Waals surface area contributed by atoms with Crippen molar-refractivity contribution in [3.63, 3.8) is 0 Å². The van der Waals surface area contributed by atoms with Crippen LogP contribution in [0.5, 0.6) is 5.75 Å². The second-order valence-electron chi connectivity index (χ2n) is 5.56. The molecule has 2 heterocycles. The van der Waals surface area contributed by atoms with Crippen LogP contribution in [0.3, 0.4) is 0 Å². The molecule has 1 aromatic carbocycles. The van der Waals surface area contributed by atoms with Gasteiger partial charge >= 0.3 is 0 Å². The lowest BCUT2D eigenvalue weighted by atomic mass is 10.3. The summed E-state index contributed by atoms with van der Waals surface area (Å²) in [6.07, 6.45) is 2.45. The molecule has 25 heavy (non-hydrogen) atoms. The van der Waals surface area contributed by atoms with Crippen molar-refractivity contribution >= 4 is 39.6 Å². The molecule has 0 spiro atoms. The van der Waals surface area contributed by atoms with Crippen molar-refractivity contribution in [3.05, 3.63) is 46.2 Å². The van der Waals surface area contributed by atoms with Gasteiger partial charge in [-0.2, -0.15) is 0 Å². The Labute approximate surface area is 156 Å². The number of anilines is 1. The molecule has 1 fully saturated rings. The van der Waals surface area contributed by atoms with Crippen LogP contribution in [0.25, 0.3) is 0 Å². The van der Waals surface area contributed by atoms with Gasteiger partial charge in [-0.15, -0.1) is 21.5 Å². The SMILES string of the molecule is Fc1ccc(OCc2nc(CSc3nnc(NC4CC4)s3)cs2)cc1. The monoisotopic (exact) mass is 394 g/mol. The third kappa shape index (κ3) is 4.90. The number of nitrogens with zero attached hydrogens (tertiary/aromatic N) is 3. The van der Waals surface area contributed by atoms with Gasteiger partial charge in [-0.3, -0.25) is 0 Å². The van der Waals surface area contributed by atoms with Gasteiger partial charge in [0.05, 0.1) is 5.69 Å². The van der Waals surface area contributed by atoms with E-state index in [-0.39, 0.29) is 5.82 Å². The van der Waals surface area contributed by atoms with E-state index in [4.69, 9.17) is 4.74 Å². The highest BCUT2D eigenvalue weighted by atomic mass is 32.2. The summed E-state index contributed by atoms with van der Waals surface area (Å²) < 4.78 is 19.4. The Bertz CT molecular complexity index is 832. The summed E-state index contributed by atoms with van der Waals surface area (Å²) in [5.74, 6) is 1.12. The van der Waals surface area contributed by atoms with Gasteiger partial charge in [0.1, 0.15) is 23.2 Å². The molecule has 1 saturated carbocycles. The second kappa shape index (κ2) is 7.67. The van der Waals surface area contributed by atoms with Crippen LogP contribution in [0.1, 0.15) is 23.5 Å². The molecule has 0 bridgehead atoms. The van der Waals surface area contributed by atoms with Crippen LogP contribution < -0.4 is 10.1 Å². The Morgan fingerprint density at radius 3 is 2.88 bits per heavy atom. The summed E-state index contributed by atoms with van der Waals surface area (Å²) >= 11 is 4.78. The maximum absolute atomic E-state index is 12.9. The van der Waals surface area contributed by atoms with Crippen LogP contribution in [-0.2, 0) is 12.4 Å². The van der Waals surface area contributed by atoms with Gasteiger partial charge < -0.3 is 10.1 Å². The Balaban J connectivity index is 1.26. The van der Waals surface area contributed by atoms with Crippen LogP contribution >= 0.6 is 34.4 Å². The van der Waals surface area contributed by atoms with Gasteiger partial charge in [-0.1, -0.05) is 23.1 Å². The molecule has 9 heteroatoms. The summed E-state index contributed by atoms with van der Waals surface area (Å²) in [5, 5.41) is 15.5. The minimum absolute atomic E-state index is 0.270. The molecule has 0 atom stereocenters. The van der Waals surface area contributed by atoms with Crippen molar-refractivity contribution < 1.29 is 9.13 Å². The fraction of sp³-hybridized carbons (Fsp3) is 0.312. The van der Waals surface area contributed by atoms with E-state index in [0.717, 1.165) is 25.9 Å². The molecule has 0 aliphatic heterocycles. The number of aromatic nitrogens is 3. The zero-order valence-corrected chi connectivity index (χ0v) is 15.6. The Hall–Kier alpha value is -1.71. The van der Waals surface area contributed by atoms with Crippen LogP contribution in [0, 0.1) is 5.82 Å². The normalized spacial score (nSPS) is 13.8. The molecule has 1 aliphatic rings. The quantitative estimate of drug-likeness (QED) is 0.565. The van der Waals surface area contributed by atoms with Crippen LogP contribution in [-0.4, -0.2) is 21.2 Å². The first-order valence-electron chi connectivity index (χ1n) is 7.79. The molecule has 4 rings (SSSR count). The number of ether oxygens (including phenoxy) is 1. The van der Waals surface area contributed by atoms with Crippen molar-refractivity contribution in [3.8, 4) is 5.75 Å². The topological polar surface area (TPSA) is 59.9 Å². The number of rotatable bonds is 8. The molecule has 130 valence electrons. The molecule has 0 amide bonds. The number of benzene rings is 1. The van der Waals surface area contributed by atoms with Gasteiger partial charge in [0.25, 0.3) is 0 Å². The van der Waals surface area contributed by atoms with Crippen LogP contribution in [0.2, 0.25) is 0 Å². The van der Waals surface area contributed by atoms with Gasteiger partial charge in [0.2, 0.25) is 5.13 Å².